The van der Waals surface area contributed by atoms with Crippen molar-refractivity contribution in [3.05, 3.63) is 29.6 Å². The molecule has 1 heterocycles. The van der Waals surface area contributed by atoms with Gasteiger partial charge in [0, 0.05) is 19.1 Å². The molecule has 0 aliphatic heterocycles. The standard InChI is InChI=1S/C15H20N2O3/c1-10(2)14-16-12-9-11(15(19)20)5-6-13(12)17(14)7-3-4-8-18/h5-6,9-10,18H,3-4,7-8H2,1-2H3,(H,19,20). The van der Waals surface area contributed by atoms with Gasteiger partial charge in [-0.3, -0.25) is 0 Å². The van der Waals surface area contributed by atoms with Gasteiger partial charge in [0.2, 0.25) is 0 Å². The molecule has 2 N–H and O–H groups in total. The molecule has 108 valence electrons. The Hall–Kier alpha value is -1.88. The van der Waals surface area contributed by atoms with E-state index in [-0.39, 0.29) is 18.1 Å². The number of rotatable bonds is 6. The Kier molecular flexibility index (Phi) is 4.39. The Morgan fingerprint density at radius 3 is 2.70 bits per heavy atom. The highest BCUT2D eigenvalue weighted by Gasteiger charge is 2.15. The predicted molar refractivity (Wildman–Crippen MR) is 77.1 cm³/mol. The topological polar surface area (TPSA) is 75.3 Å². The fourth-order valence-electron chi connectivity index (χ4n) is 2.34. The number of aromatic carboxylic acids is 1. The van der Waals surface area contributed by atoms with Crippen molar-refractivity contribution in [1.29, 1.82) is 0 Å². The highest BCUT2D eigenvalue weighted by Crippen LogP contribution is 2.23. The van der Waals surface area contributed by atoms with Gasteiger partial charge in [0.05, 0.1) is 16.6 Å². The average Bonchev–Trinajstić information content (AvgIpc) is 2.77. The van der Waals surface area contributed by atoms with Gasteiger partial charge >= 0.3 is 5.97 Å². The van der Waals surface area contributed by atoms with Crippen LogP contribution < -0.4 is 0 Å². The Morgan fingerprint density at radius 2 is 2.10 bits per heavy atom. The van der Waals surface area contributed by atoms with Crippen LogP contribution in [-0.4, -0.2) is 32.3 Å². The van der Waals surface area contributed by atoms with Gasteiger partial charge in [-0.15, -0.1) is 0 Å². The van der Waals surface area contributed by atoms with Crippen molar-refractivity contribution in [2.75, 3.05) is 6.61 Å². The maximum absolute atomic E-state index is 11.0. The number of benzene rings is 1. The summed E-state index contributed by atoms with van der Waals surface area (Å²) in [7, 11) is 0. The minimum Gasteiger partial charge on any atom is -0.478 e. The summed E-state index contributed by atoms with van der Waals surface area (Å²) in [4.78, 5) is 15.6. The molecule has 0 bridgehead atoms. The molecule has 5 nitrogen and oxygen atoms in total. The third kappa shape index (κ3) is 2.82. The average molecular weight is 276 g/mol. The molecule has 0 atom stereocenters. The van der Waals surface area contributed by atoms with Gasteiger partial charge in [0.1, 0.15) is 5.82 Å². The molecule has 5 heteroatoms. The summed E-state index contributed by atoms with van der Waals surface area (Å²) in [6, 6.07) is 5.04. The summed E-state index contributed by atoms with van der Waals surface area (Å²) in [6.45, 7) is 5.12. The molecule has 0 aliphatic carbocycles. The van der Waals surface area contributed by atoms with Crippen LogP contribution in [0, 0.1) is 0 Å². The van der Waals surface area contributed by atoms with Gasteiger partial charge in [0.15, 0.2) is 0 Å². The normalized spacial score (nSPS) is 11.4. The van der Waals surface area contributed by atoms with Crippen molar-refractivity contribution < 1.29 is 15.0 Å². The van der Waals surface area contributed by atoms with Gasteiger partial charge in [-0.1, -0.05) is 13.8 Å². The van der Waals surface area contributed by atoms with Crippen molar-refractivity contribution in [3.63, 3.8) is 0 Å². The maximum atomic E-state index is 11.0. The molecular formula is C15H20N2O3. The summed E-state index contributed by atoms with van der Waals surface area (Å²) in [5.41, 5.74) is 1.93. The van der Waals surface area contributed by atoms with Crippen LogP contribution in [0.25, 0.3) is 11.0 Å². The molecule has 0 amide bonds. The van der Waals surface area contributed by atoms with Gasteiger partial charge in [-0.2, -0.15) is 0 Å². The van der Waals surface area contributed by atoms with Crippen molar-refractivity contribution in [3.8, 4) is 0 Å². The van der Waals surface area contributed by atoms with Crippen LogP contribution in [0.5, 0.6) is 0 Å². The smallest absolute Gasteiger partial charge is 0.335 e. The minimum absolute atomic E-state index is 0.187. The number of carboxylic acid groups (broad SMARTS) is 1. The van der Waals surface area contributed by atoms with Gasteiger partial charge in [-0.25, -0.2) is 9.78 Å². The van der Waals surface area contributed by atoms with E-state index in [2.05, 4.69) is 23.4 Å². The van der Waals surface area contributed by atoms with Crippen LogP contribution in [0.4, 0.5) is 0 Å². The summed E-state index contributed by atoms with van der Waals surface area (Å²) in [5.74, 6) is 0.290. The molecule has 20 heavy (non-hydrogen) atoms. The first kappa shape index (κ1) is 14.5. The lowest BCUT2D eigenvalue weighted by Crippen LogP contribution is -2.06. The second-order valence-electron chi connectivity index (χ2n) is 5.22. The largest absolute Gasteiger partial charge is 0.478 e. The van der Waals surface area contributed by atoms with E-state index in [1.54, 1.807) is 12.1 Å². The number of fused-ring (bicyclic) bond motifs is 1. The van der Waals surface area contributed by atoms with Crippen molar-refractivity contribution in [2.45, 2.75) is 39.2 Å². The minimum atomic E-state index is -0.937. The second kappa shape index (κ2) is 6.05. The molecule has 0 spiro atoms. The number of nitrogens with zero attached hydrogens (tertiary/aromatic N) is 2. The monoisotopic (exact) mass is 276 g/mol. The number of hydrogen-bond acceptors (Lipinski definition) is 3. The van der Waals surface area contributed by atoms with Gasteiger partial charge < -0.3 is 14.8 Å². The summed E-state index contributed by atoms with van der Waals surface area (Å²) >= 11 is 0. The van der Waals surface area contributed by atoms with E-state index in [4.69, 9.17) is 10.2 Å². The first-order chi connectivity index (χ1) is 9.54. The lowest BCUT2D eigenvalue weighted by atomic mass is 10.2. The lowest BCUT2D eigenvalue weighted by molar-refractivity contribution is 0.0697. The third-order valence-corrected chi connectivity index (χ3v) is 3.33. The zero-order valence-corrected chi connectivity index (χ0v) is 11.8. The zero-order valence-electron chi connectivity index (χ0n) is 11.8. The number of carbonyl (C=O) groups is 1. The SMILES string of the molecule is CC(C)c1nc2cc(C(=O)O)ccc2n1CCCCO. The molecule has 0 saturated heterocycles. The number of unbranched alkanes of at least 4 members (excludes halogenated alkanes) is 1. The van der Waals surface area contributed by atoms with E-state index in [0.717, 1.165) is 36.2 Å². The molecule has 1 aromatic heterocycles. The van der Waals surface area contributed by atoms with Crippen LogP contribution in [0.1, 0.15) is 48.8 Å². The van der Waals surface area contributed by atoms with E-state index in [0.29, 0.717) is 0 Å². The number of carboxylic acids is 1. The molecular weight excluding hydrogens is 256 g/mol. The fourth-order valence-corrected chi connectivity index (χ4v) is 2.34. The van der Waals surface area contributed by atoms with E-state index in [1.807, 2.05) is 6.07 Å². The van der Waals surface area contributed by atoms with Crippen molar-refractivity contribution in [1.82, 2.24) is 9.55 Å². The predicted octanol–water partition coefficient (Wildman–Crippen LogP) is 2.63. The van der Waals surface area contributed by atoms with Crippen LogP contribution >= 0.6 is 0 Å². The molecule has 0 fully saturated rings. The van der Waals surface area contributed by atoms with Crippen molar-refractivity contribution >= 4 is 17.0 Å². The van der Waals surface area contributed by atoms with Crippen molar-refractivity contribution in [2.24, 2.45) is 0 Å². The molecule has 1 aromatic carbocycles. The molecule has 0 radical (unpaired) electrons. The summed E-state index contributed by atoms with van der Waals surface area (Å²) in [5, 5.41) is 17.9. The quantitative estimate of drug-likeness (QED) is 0.795. The number of hydrogen-bond donors (Lipinski definition) is 2. The van der Waals surface area contributed by atoms with Crippen LogP contribution in [0.15, 0.2) is 18.2 Å². The van der Waals surface area contributed by atoms with Crippen LogP contribution in [-0.2, 0) is 6.54 Å². The van der Waals surface area contributed by atoms with E-state index in [1.165, 1.54) is 0 Å². The summed E-state index contributed by atoms with van der Waals surface area (Å²) < 4.78 is 2.13. The van der Waals surface area contributed by atoms with Crippen LogP contribution in [0.2, 0.25) is 0 Å². The second-order valence-corrected chi connectivity index (χ2v) is 5.22. The first-order valence-electron chi connectivity index (χ1n) is 6.89. The molecule has 0 saturated carbocycles. The Labute approximate surface area is 117 Å². The zero-order chi connectivity index (χ0) is 14.7. The van der Waals surface area contributed by atoms with Crippen LogP contribution in [0.3, 0.4) is 0 Å². The number of aliphatic hydroxyl groups is 1. The molecule has 2 aromatic rings. The Balaban J connectivity index is 2.46. The number of aromatic nitrogens is 2. The molecule has 0 unspecified atom stereocenters. The van der Waals surface area contributed by atoms with Gasteiger partial charge in [0.25, 0.3) is 0 Å². The fraction of sp³-hybridized carbons (Fsp3) is 0.467. The third-order valence-electron chi connectivity index (χ3n) is 3.33. The van der Waals surface area contributed by atoms with E-state index < -0.39 is 5.97 Å². The Morgan fingerprint density at radius 1 is 1.35 bits per heavy atom. The lowest BCUT2D eigenvalue weighted by Gasteiger charge is -2.11. The highest BCUT2D eigenvalue weighted by molar-refractivity contribution is 5.92. The van der Waals surface area contributed by atoms with Gasteiger partial charge in [-0.05, 0) is 31.0 Å². The Bertz CT molecular complexity index is 617. The molecule has 2 rings (SSSR count). The molecule has 0 aliphatic rings. The first-order valence-corrected chi connectivity index (χ1v) is 6.89. The maximum Gasteiger partial charge on any atom is 0.335 e. The summed E-state index contributed by atoms with van der Waals surface area (Å²) in [6.07, 6.45) is 1.63. The number of aryl methyl sites for hydroxylation is 1. The highest BCUT2D eigenvalue weighted by atomic mass is 16.4. The van der Waals surface area contributed by atoms with E-state index >= 15 is 0 Å². The van der Waals surface area contributed by atoms with E-state index in [9.17, 15) is 4.79 Å². The number of aliphatic hydroxyl groups excluding tert-OH is 1. The number of imidazole rings is 1.